The van der Waals surface area contributed by atoms with Crippen LogP contribution in [0.4, 0.5) is 0 Å². The van der Waals surface area contributed by atoms with Crippen LogP contribution in [-0.4, -0.2) is 17.4 Å². The lowest BCUT2D eigenvalue weighted by atomic mass is 9.95. The zero-order chi connectivity index (χ0) is 10.6. The first-order chi connectivity index (χ1) is 5.75. The van der Waals surface area contributed by atoms with Gasteiger partial charge >= 0.3 is 0 Å². The van der Waals surface area contributed by atoms with Crippen molar-refractivity contribution in [3.8, 4) is 0 Å². The molecule has 76 valence electrons. The summed E-state index contributed by atoms with van der Waals surface area (Å²) < 4.78 is 0. The van der Waals surface area contributed by atoms with Crippen LogP contribution in [0, 0.1) is 11.3 Å². The lowest BCUT2D eigenvalue weighted by Gasteiger charge is -2.19. The van der Waals surface area contributed by atoms with E-state index in [0.717, 1.165) is 0 Å². The zero-order valence-electron chi connectivity index (χ0n) is 8.68. The summed E-state index contributed by atoms with van der Waals surface area (Å²) in [7, 11) is 0. The minimum Gasteiger partial charge on any atom is -0.393 e. The second-order valence-electron chi connectivity index (χ2n) is 4.26. The second-order valence-corrected chi connectivity index (χ2v) is 4.73. The Hall–Kier alpha value is -0.640. The molecule has 0 aromatic rings. The Morgan fingerprint density at radius 2 is 2.00 bits per heavy atom. The summed E-state index contributed by atoms with van der Waals surface area (Å²) >= 11 is 4.79. The maximum atomic E-state index is 11.4. The van der Waals surface area contributed by atoms with E-state index in [9.17, 15) is 4.79 Å². The molecule has 1 unspecified atom stereocenters. The predicted octanol–water partition coefficient (Wildman–Crippen LogP) is 1.07. The van der Waals surface area contributed by atoms with E-state index >= 15 is 0 Å². The second kappa shape index (κ2) is 4.56. The Morgan fingerprint density at radius 3 is 2.31 bits per heavy atom. The van der Waals surface area contributed by atoms with Crippen molar-refractivity contribution < 1.29 is 4.79 Å². The Kier molecular flexibility index (Phi) is 4.33. The maximum absolute atomic E-state index is 11.4. The van der Waals surface area contributed by atoms with Gasteiger partial charge in [0.1, 0.15) is 0 Å². The number of amides is 1. The van der Waals surface area contributed by atoms with Crippen molar-refractivity contribution in [3.63, 3.8) is 0 Å². The highest BCUT2D eigenvalue weighted by Gasteiger charge is 2.21. The van der Waals surface area contributed by atoms with Crippen LogP contribution < -0.4 is 11.1 Å². The van der Waals surface area contributed by atoms with E-state index < -0.39 is 0 Å². The number of hydrogen-bond donors (Lipinski definition) is 2. The van der Waals surface area contributed by atoms with Crippen molar-refractivity contribution in [3.05, 3.63) is 0 Å². The predicted molar refractivity (Wildman–Crippen MR) is 58.4 cm³/mol. The van der Waals surface area contributed by atoms with Crippen LogP contribution in [0.2, 0.25) is 0 Å². The molecule has 0 aromatic heterocycles. The highest BCUT2D eigenvalue weighted by molar-refractivity contribution is 7.80. The van der Waals surface area contributed by atoms with Gasteiger partial charge in [-0.3, -0.25) is 4.79 Å². The Bertz CT molecular complexity index is 208. The first-order valence-corrected chi connectivity index (χ1v) is 4.73. The van der Waals surface area contributed by atoms with E-state index in [1.54, 1.807) is 0 Å². The van der Waals surface area contributed by atoms with Crippen molar-refractivity contribution in [2.45, 2.75) is 27.7 Å². The molecule has 0 heterocycles. The molecule has 0 bridgehead atoms. The highest BCUT2D eigenvalue weighted by atomic mass is 32.1. The van der Waals surface area contributed by atoms with Crippen molar-refractivity contribution in [2.75, 3.05) is 6.54 Å². The number of nitrogens with two attached hydrogens (primary N) is 1. The van der Waals surface area contributed by atoms with Gasteiger partial charge in [0.2, 0.25) is 5.91 Å². The standard InChI is InChI=1S/C9H18N2OS/c1-6(7(10)13)5-11-8(12)9(2,3)4/h6H,5H2,1-4H3,(H2,10,13)(H,11,12). The third kappa shape index (κ3) is 4.83. The lowest BCUT2D eigenvalue weighted by Crippen LogP contribution is -2.39. The number of carbonyl (C=O) groups excluding carboxylic acids is 1. The quantitative estimate of drug-likeness (QED) is 0.673. The molecule has 0 aromatic carbocycles. The normalized spacial score (nSPS) is 13.5. The fourth-order valence-electron chi connectivity index (χ4n) is 0.612. The zero-order valence-corrected chi connectivity index (χ0v) is 9.49. The van der Waals surface area contributed by atoms with Crippen LogP contribution in [0.25, 0.3) is 0 Å². The molecule has 0 aliphatic rings. The van der Waals surface area contributed by atoms with Gasteiger partial charge in [0, 0.05) is 17.9 Å². The summed E-state index contributed by atoms with van der Waals surface area (Å²) in [6, 6.07) is 0. The molecule has 0 saturated carbocycles. The van der Waals surface area contributed by atoms with E-state index in [-0.39, 0.29) is 17.2 Å². The van der Waals surface area contributed by atoms with Gasteiger partial charge in [0.05, 0.1) is 4.99 Å². The highest BCUT2D eigenvalue weighted by Crippen LogP contribution is 2.12. The maximum Gasteiger partial charge on any atom is 0.225 e. The molecule has 0 spiro atoms. The SMILES string of the molecule is CC(CNC(=O)C(C)(C)C)C(N)=S. The molecule has 3 N–H and O–H groups in total. The van der Waals surface area contributed by atoms with Crippen LogP contribution >= 0.6 is 12.2 Å². The molecule has 0 fully saturated rings. The number of thiocarbonyl (C=S) groups is 1. The number of nitrogens with one attached hydrogen (secondary N) is 1. The number of carbonyl (C=O) groups is 1. The number of hydrogen-bond acceptors (Lipinski definition) is 2. The van der Waals surface area contributed by atoms with Crippen molar-refractivity contribution in [1.29, 1.82) is 0 Å². The Morgan fingerprint density at radius 1 is 1.54 bits per heavy atom. The number of rotatable bonds is 3. The van der Waals surface area contributed by atoms with E-state index in [0.29, 0.717) is 11.5 Å². The van der Waals surface area contributed by atoms with Crippen LogP contribution in [0.5, 0.6) is 0 Å². The van der Waals surface area contributed by atoms with Gasteiger partial charge in [-0.25, -0.2) is 0 Å². The van der Waals surface area contributed by atoms with Crippen LogP contribution in [-0.2, 0) is 4.79 Å². The van der Waals surface area contributed by atoms with Gasteiger partial charge in [-0.1, -0.05) is 39.9 Å². The molecular formula is C9H18N2OS. The van der Waals surface area contributed by atoms with Gasteiger partial charge in [0.15, 0.2) is 0 Å². The van der Waals surface area contributed by atoms with Gasteiger partial charge in [-0.15, -0.1) is 0 Å². The monoisotopic (exact) mass is 202 g/mol. The molecule has 0 saturated heterocycles. The van der Waals surface area contributed by atoms with Crippen molar-refractivity contribution in [1.82, 2.24) is 5.32 Å². The summed E-state index contributed by atoms with van der Waals surface area (Å²) in [5.74, 6) is 0.0805. The summed E-state index contributed by atoms with van der Waals surface area (Å²) in [5.41, 5.74) is 5.06. The fraction of sp³-hybridized carbons (Fsp3) is 0.778. The van der Waals surface area contributed by atoms with Crippen molar-refractivity contribution >= 4 is 23.1 Å². The van der Waals surface area contributed by atoms with Gasteiger partial charge in [-0.05, 0) is 0 Å². The molecule has 1 amide bonds. The molecular weight excluding hydrogens is 184 g/mol. The van der Waals surface area contributed by atoms with Gasteiger partial charge in [-0.2, -0.15) is 0 Å². The fourth-order valence-corrected chi connectivity index (χ4v) is 0.695. The van der Waals surface area contributed by atoms with Crippen LogP contribution in [0.1, 0.15) is 27.7 Å². The van der Waals surface area contributed by atoms with E-state index in [2.05, 4.69) is 5.32 Å². The molecule has 4 heteroatoms. The van der Waals surface area contributed by atoms with Gasteiger partial charge in [0.25, 0.3) is 0 Å². The molecule has 3 nitrogen and oxygen atoms in total. The summed E-state index contributed by atoms with van der Waals surface area (Å²) in [6.45, 7) is 8.02. The van der Waals surface area contributed by atoms with Crippen molar-refractivity contribution in [2.24, 2.45) is 17.1 Å². The third-order valence-corrected chi connectivity index (χ3v) is 2.14. The lowest BCUT2D eigenvalue weighted by molar-refractivity contribution is -0.128. The Balaban J connectivity index is 3.91. The molecule has 0 radical (unpaired) electrons. The summed E-state index contributed by atoms with van der Waals surface area (Å²) in [4.78, 5) is 11.8. The largest absolute Gasteiger partial charge is 0.393 e. The van der Waals surface area contributed by atoms with Crippen LogP contribution in [0.15, 0.2) is 0 Å². The van der Waals surface area contributed by atoms with Crippen LogP contribution in [0.3, 0.4) is 0 Å². The average molecular weight is 202 g/mol. The van der Waals surface area contributed by atoms with E-state index in [1.807, 2.05) is 27.7 Å². The average Bonchev–Trinajstić information content (AvgIpc) is 1.97. The molecule has 0 aliphatic carbocycles. The minimum absolute atomic E-state index is 0.0237. The topological polar surface area (TPSA) is 55.1 Å². The molecule has 0 rings (SSSR count). The minimum atomic E-state index is -0.351. The third-order valence-electron chi connectivity index (χ3n) is 1.74. The summed E-state index contributed by atoms with van der Waals surface area (Å²) in [6.07, 6.45) is 0. The molecule has 13 heavy (non-hydrogen) atoms. The Labute approximate surface area is 85.1 Å². The first-order valence-electron chi connectivity index (χ1n) is 4.32. The van der Waals surface area contributed by atoms with E-state index in [1.165, 1.54) is 0 Å². The summed E-state index contributed by atoms with van der Waals surface area (Å²) in [5, 5.41) is 2.80. The van der Waals surface area contributed by atoms with E-state index in [4.69, 9.17) is 18.0 Å². The molecule has 0 aliphatic heterocycles. The van der Waals surface area contributed by atoms with Gasteiger partial charge < -0.3 is 11.1 Å². The molecule has 1 atom stereocenters. The first kappa shape index (κ1) is 12.4. The smallest absolute Gasteiger partial charge is 0.225 e.